The van der Waals surface area contributed by atoms with E-state index < -0.39 is 0 Å². The molecular weight excluding hydrogens is 254 g/mol. The molecule has 0 heterocycles. The summed E-state index contributed by atoms with van der Waals surface area (Å²) in [6, 6.07) is 7.58. The number of hydrogen-bond donors (Lipinski definition) is 3. The molecule has 0 aromatic heterocycles. The molecule has 0 saturated heterocycles. The highest BCUT2D eigenvalue weighted by molar-refractivity contribution is 6.00. The molecule has 20 heavy (non-hydrogen) atoms. The molecule has 0 radical (unpaired) electrons. The first-order chi connectivity index (χ1) is 9.70. The summed E-state index contributed by atoms with van der Waals surface area (Å²) >= 11 is 0. The smallest absolute Gasteiger partial charge is 0.253 e. The van der Waals surface area contributed by atoms with Gasteiger partial charge in [0.2, 0.25) is 5.91 Å². The van der Waals surface area contributed by atoms with Gasteiger partial charge in [0.25, 0.3) is 5.91 Å². The van der Waals surface area contributed by atoms with Gasteiger partial charge in [0, 0.05) is 18.3 Å². The zero-order chi connectivity index (χ0) is 14.4. The number of benzene rings is 1. The Hall–Kier alpha value is -2.04. The molecule has 1 aliphatic rings. The summed E-state index contributed by atoms with van der Waals surface area (Å²) in [5.74, 6) is -0.145. The maximum atomic E-state index is 12.1. The maximum absolute atomic E-state index is 12.1. The van der Waals surface area contributed by atoms with Crippen LogP contribution in [-0.4, -0.2) is 30.9 Å². The normalized spacial score (nSPS) is 13.7. The Morgan fingerprint density at radius 3 is 2.70 bits per heavy atom. The monoisotopic (exact) mass is 275 g/mol. The van der Waals surface area contributed by atoms with Crippen molar-refractivity contribution >= 4 is 17.5 Å². The summed E-state index contributed by atoms with van der Waals surface area (Å²) in [6.45, 7) is 2.85. The SMILES string of the molecule is CCCNC(=O)CNc1ccccc1C(=O)NC1CC1. The fourth-order valence-electron chi connectivity index (χ4n) is 1.83. The maximum Gasteiger partial charge on any atom is 0.253 e. The highest BCUT2D eigenvalue weighted by atomic mass is 16.2. The van der Waals surface area contributed by atoms with Crippen molar-refractivity contribution in [1.29, 1.82) is 0 Å². The number of rotatable bonds is 7. The summed E-state index contributed by atoms with van der Waals surface area (Å²) in [5.41, 5.74) is 1.28. The summed E-state index contributed by atoms with van der Waals surface area (Å²) in [7, 11) is 0. The van der Waals surface area contributed by atoms with Gasteiger partial charge < -0.3 is 16.0 Å². The van der Waals surface area contributed by atoms with Crippen molar-refractivity contribution in [1.82, 2.24) is 10.6 Å². The first-order valence-electron chi connectivity index (χ1n) is 7.11. The van der Waals surface area contributed by atoms with Crippen LogP contribution < -0.4 is 16.0 Å². The minimum atomic E-state index is -0.0791. The van der Waals surface area contributed by atoms with Crippen LogP contribution >= 0.6 is 0 Å². The van der Waals surface area contributed by atoms with Crippen LogP contribution in [0.15, 0.2) is 24.3 Å². The van der Waals surface area contributed by atoms with Crippen LogP contribution in [0.2, 0.25) is 0 Å². The van der Waals surface area contributed by atoms with Gasteiger partial charge in [0.05, 0.1) is 12.1 Å². The van der Waals surface area contributed by atoms with Crippen molar-refractivity contribution in [3.05, 3.63) is 29.8 Å². The fourth-order valence-corrected chi connectivity index (χ4v) is 1.83. The van der Waals surface area contributed by atoms with E-state index in [0.717, 1.165) is 19.3 Å². The Labute approximate surface area is 119 Å². The van der Waals surface area contributed by atoms with Crippen LogP contribution in [0.3, 0.4) is 0 Å². The number of nitrogens with one attached hydrogen (secondary N) is 3. The Balaban J connectivity index is 1.93. The first-order valence-corrected chi connectivity index (χ1v) is 7.11. The molecule has 1 saturated carbocycles. The van der Waals surface area contributed by atoms with Gasteiger partial charge in [-0.25, -0.2) is 0 Å². The summed E-state index contributed by atoms with van der Waals surface area (Å²) in [6.07, 6.45) is 3.02. The van der Waals surface area contributed by atoms with Gasteiger partial charge in [0.15, 0.2) is 0 Å². The largest absolute Gasteiger partial charge is 0.376 e. The Morgan fingerprint density at radius 2 is 2.00 bits per heavy atom. The summed E-state index contributed by atoms with van der Waals surface area (Å²) in [5, 5.41) is 8.77. The number of carbonyl (C=O) groups is 2. The molecule has 0 aliphatic heterocycles. The van der Waals surface area contributed by atoms with E-state index in [9.17, 15) is 9.59 Å². The molecule has 5 heteroatoms. The van der Waals surface area contributed by atoms with E-state index in [1.54, 1.807) is 6.07 Å². The lowest BCUT2D eigenvalue weighted by Crippen LogP contribution is -2.31. The van der Waals surface area contributed by atoms with Crippen molar-refractivity contribution in [2.75, 3.05) is 18.4 Å². The molecule has 0 bridgehead atoms. The van der Waals surface area contributed by atoms with Gasteiger partial charge in [-0.1, -0.05) is 19.1 Å². The quantitative estimate of drug-likeness (QED) is 0.706. The minimum absolute atomic E-state index is 0.0655. The molecule has 1 fully saturated rings. The second-order valence-corrected chi connectivity index (χ2v) is 5.00. The Morgan fingerprint density at radius 1 is 1.25 bits per heavy atom. The van der Waals surface area contributed by atoms with Crippen molar-refractivity contribution in [2.24, 2.45) is 0 Å². The molecule has 0 atom stereocenters. The average molecular weight is 275 g/mol. The zero-order valence-electron chi connectivity index (χ0n) is 11.7. The first kappa shape index (κ1) is 14.4. The van der Waals surface area contributed by atoms with Crippen LogP contribution in [0.1, 0.15) is 36.5 Å². The third kappa shape index (κ3) is 4.26. The van der Waals surface area contributed by atoms with Crippen LogP contribution in [0.25, 0.3) is 0 Å². The van der Waals surface area contributed by atoms with E-state index in [2.05, 4.69) is 16.0 Å². The summed E-state index contributed by atoms with van der Waals surface area (Å²) in [4.78, 5) is 23.7. The topological polar surface area (TPSA) is 70.2 Å². The minimum Gasteiger partial charge on any atom is -0.376 e. The standard InChI is InChI=1S/C15H21N3O2/c1-2-9-16-14(19)10-17-13-6-4-3-5-12(13)15(20)18-11-7-8-11/h3-6,11,17H,2,7-10H2,1H3,(H,16,19)(H,18,20). The lowest BCUT2D eigenvalue weighted by atomic mass is 10.1. The number of carbonyl (C=O) groups excluding carboxylic acids is 2. The van der Waals surface area contributed by atoms with Crippen molar-refractivity contribution in [2.45, 2.75) is 32.2 Å². The van der Waals surface area contributed by atoms with Crippen molar-refractivity contribution in [3.8, 4) is 0 Å². The van der Waals surface area contributed by atoms with Crippen LogP contribution in [0.4, 0.5) is 5.69 Å². The molecule has 0 unspecified atom stereocenters. The molecule has 108 valence electrons. The van der Waals surface area contributed by atoms with Crippen molar-refractivity contribution < 1.29 is 9.59 Å². The number of amides is 2. The second-order valence-electron chi connectivity index (χ2n) is 5.00. The molecule has 1 aromatic carbocycles. The lowest BCUT2D eigenvalue weighted by Gasteiger charge is -2.12. The fraction of sp³-hybridized carbons (Fsp3) is 0.467. The zero-order valence-corrected chi connectivity index (χ0v) is 11.7. The number of hydrogen-bond acceptors (Lipinski definition) is 3. The van der Waals surface area contributed by atoms with Gasteiger partial charge in [-0.2, -0.15) is 0 Å². The lowest BCUT2D eigenvalue weighted by molar-refractivity contribution is -0.119. The van der Waals surface area contributed by atoms with Gasteiger partial charge >= 0.3 is 0 Å². The number of para-hydroxylation sites is 1. The predicted molar refractivity (Wildman–Crippen MR) is 78.7 cm³/mol. The molecule has 1 aromatic rings. The molecular formula is C15H21N3O2. The van der Waals surface area contributed by atoms with E-state index in [1.165, 1.54) is 0 Å². The van der Waals surface area contributed by atoms with E-state index in [4.69, 9.17) is 0 Å². The third-order valence-corrected chi connectivity index (χ3v) is 3.10. The molecule has 2 rings (SSSR count). The predicted octanol–water partition coefficient (Wildman–Crippen LogP) is 1.52. The molecule has 2 amide bonds. The summed E-state index contributed by atoms with van der Waals surface area (Å²) < 4.78 is 0. The average Bonchev–Trinajstić information content (AvgIpc) is 3.27. The van der Waals surface area contributed by atoms with E-state index in [-0.39, 0.29) is 18.4 Å². The van der Waals surface area contributed by atoms with Gasteiger partial charge in [0.1, 0.15) is 0 Å². The van der Waals surface area contributed by atoms with E-state index >= 15 is 0 Å². The van der Waals surface area contributed by atoms with Gasteiger partial charge in [-0.3, -0.25) is 9.59 Å². The molecule has 1 aliphatic carbocycles. The second kappa shape index (κ2) is 6.93. The molecule has 0 spiro atoms. The van der Waals surface area contributed by atoms with Crippen LogP contribution in [-0.2, 0) is 4.79 Å². The van der Waals surface area contributed by atoms with E-state index in [0.29, 0.717) is 23.8 Å². The van der Waals surface area contributed by atoms with E-state index in [1.807, 2.05) is 25.1 Å². The van der Waals surface area contributed by atoms with Crippen LogP contribution in [0.5, 0.6) is 0 Å². The highest BCUT2D eigenvalue weighted by Crippen LogP contribution is 2.21. The Bertz CT molecular complexity index is 484. The van der Waals surface area contributed by atoms with Gasteiger partial charge in [-0.15, -0.1) is 0 Å². The Kier molecular flexibility index (Phi) is 4.98. The highest BCUT2D eigenvalue weighted by Gasteiger charge is 2.24. The van der Waals surface area contributed by atoms with Gasteiger partial charge in [-0.05, 0) is 31.4 Å². The van der Waals surface area contributed by atoms with Crippen LogP contribution in [0, 0.1) is 0 Å². The number of anilines is 1. The van der Waals surface area contributed by atoms with Crippen molar-refractivity contribution in [3.63, 3.8) is 0 Å². The molecule has 3 N–H and O–H groups in total. The third-order valence-electron chi connectivity index (χ3n) is 3.10. The molecule has 5 nitrogen and oxygen atoms in total.